The van der Waals surface area contributed by atoms with Gasteiger partial charge in [-0.2, -0.15) is 13.2 Å². The fraction of sp³-hybridized carbons (Fsp3) is 0.308. The molecule has 0 amide bonds. The number of aryl methyl sites for hydroxylation is 1. The lowest BCUT2D eigenvalue weighted by Crippen LogP contribution is -2.31. The largest absolute Gasteiger partial charge is 0.478 e. The van der Waals surface area contributed by atoms with E-state index in [-0.39, 0.29) is 0 Å². The van der Waals surface area contributed by atoms with Crippen molar-refractivity contribution in [3.8, 4) is 0 Å². The first-order valence-electron chi connectivity index (χ1n) is 5.48. The fourth-order valence-electron chi connectivity index (χ4n) is 1.73. The van der Waals surface area contributed by atoms with E-state index in [1.54, 1.807) is 25.1 Å². The van der Waals surface area contributed by atoms with Gasteiger partial charge in [0.25, 0.3) is 0 Å². The van der Waals surface area contributed by atoms with Gasteiger partial charge in [0, 0.05) is 18.8 Å². The van der Waals surface area contributed by atoms with Crippen molar-refractivity contribution >= 4 is 17.7 Å². The van der Waals surface area contributed by atoms with Gasteiger partial charge in [-0.25, -0.2) is 4.79 Å². The number of nitrogens with zero attached hydrogens (tertiary/aromatic N) is 1. The van der Waals surface area contributed by atoms with Gasteiger partial charge >= 0.3 is 12.1 Å². The zero-order chi connectivity index (χ0) is 14.6. The van der Waals surface area contributed by atoms with Crippen molar-refractivity contribution in [1.82, 2.24) is 0 Å². The molecule has 19 heavy (non-hydrogen) atoms. The standard InChI is InChI=1S/C13H14F3NO2/c1-9-7-10(4-6-12(18)19)3-5-11(9)17(2)8-13(14,15)16/h3-7H,8H2,1-2H3,(H,18,19). The first-order chi connectivity index (χ1) is 8.69. The van der Waals surface area contributed by atoms with Gasteiger partial charge in [0.15, 0.2) is 0 Å². The summed E-state index contributed by atoms with van der Waals surface area (Å²) in [7, 11) is 1.36. The second-order valence-corrected chi connectivity index (χ2v) is 4.19. The van der Waals surface area contributed by atoms with Crippen LogP contribution >= 0.6 is 0 Å². The number of rotatable bonds is 4. The molecule has 3 nitrogen and oxygen atoms in total. The van der Waals surface area contributed by atoms with Crippen molar-refractivity contribution in [1.29, 1.82) is 0 Å². The molecule has 0 atom stereocenters. The van der Waals surface area contributed by atoms with Crippen LogP contribution in [-0.4, -0.2) is 30.8 Å². The summed E-state index contributed by atoms with van der Waals surface area (Å²) in [4.78, 5) is 11.5. The summed E-state index contributed by atoms with van der Waals surface area (Å²) >= 11 is 0. The number of alkyl halides is 3. The maximum absolute atomic E-state index is 12.3. The average molecular weight is 273 g/mol. The maximum atomic E-state index is 12.3. The van der Waals surface area contributed by atoms with Crippen molar-refractivity contribution in [2.24, 2.45) is 0 Å². The van der Waals surface area contributed by atoms with E-state index >= 15 is 0 Å². The highest BCUT2D eigenvalue weighted by Gasteiger charge is 2.29. The average Bonchev–Trinajstić information content (AvgIpc) is 2.23. The van der Waals surface area contributed by atoms with Crippen molar-refractivity contribution in [3.63, 3.8) is 0 Å². The number of carboxylic acid groups (broad SMARTS) is 1. The highest BCUT2D eigenvalue weighted by Crippen LogP contribution is 2.24. The molecule has 0 aliphatic heterocycles. The molecule has 0 radical (unpaired) electrons. The van der Waals surface area contributed by atoms with Crippen molar-refractivity contribution in [2.75, 3.05) is 18.5 Å². The summed E-state index contributed by atoms with van der Waals surface area (Å²) in [5.41, 5.74) is 1.74. The third kappa shape index (κ3) is 5.03. The van der Waals surface area contributed by atoms with Gasteiger partial charge in [-0.1, -0.05) is 6.07 Å². The molecule has 6 heteroatoms. The molecule has 1 aromatic rings. The Kier molecular flexibility index (Phi) is 4.58. The van der Waals surface area contributed by atoms with E-state index in [4.69, 9.17) is 5.11 Å². The minimum Gasteiger partial charge on any atom is -0.478 e. The molecule has 0 aliphatic rings. The monoisotopic (exact) mass is 273 g/mol. The number of carboxylic acids is 1. The summed E-state index contributed by atoms with van der Waals surface area (Å²) in [5.74, 6) is -1.07. The molecule has 0 saturated carbocycles. The number of halogens is 3. The van der Waals surface area contributed by atoms with E-state index in [0.717, 1.165) is 11.0 Å². The van der Waals surface area contributed by atoms with Crippen LogP contribution in [0.15, 0.2) is 24.3 Å². The Labute approximate surface area is 109 Å². The van der Waals surface area contributed by atoms with E-state index in [1.807, 2.05) is 0 Å². The lowest BCUT2D eigenvalue weighted by Gasteiger charge is -2.23. The first kappa shape index (κ1) is 15.1. The second-order valence-electron chi connectivity index (χ2n) is 4.19. The smallest absolute Gasteiger partial charge is 0.405 e. The molecule has 0 heterocycles. The topological polar surface area (TPSA) is 40.5 Å². The molecule has 0 unspecified atom stereocenters. The van der Waals surface area contributed by atoms with Crippen LogP contribution in [-0.2, 0) is 4.79 Å². The number of benzene rings is 1. The Hall–Kier alpha value is -1.98. The van der Waals surface area contributed by atoms with Crippen LogP contribution in [0.2, 0.25) is 0 Å². The van der Waals surface area contributed by atoms with Crippen LogP contribution in [0.1, 0.15) is 11.1 Å². The van der Waals surface area contributed by atoms with Gasteiger partial charge in [-0.05, 0) is 36.3 Å². The quantitative estimate of drug-likeness (QED) is 0.857. The molecule has 0 saturated heterocycles. The summed E-state index contributed by atoms with van der Waals surface area (Å²) in [5, 5.41) is 8.49. The van der Waals surface area contributed by atoms with Gasteiger partial charge in [-0.3, -0.25) is 0 Å². The van der Waals surface area contributed by atoms with Crippen LogP contribution in [0.5, 0.6) is 0 Å². The number of carbonyl (C=O) groups is 1. The number of hydrogen-bond acceptors (Lipinski definition) is 2. The summed E-state index contributed by atoms with van der Waals surface area (Å²) < 4.78 is 36.9. The first-order valence-corrected chi connectivity index (χ1v) is 5.48. The maximum Gasteiger partial charge on any atom is 0.405 e. The lowest BCUT2D eigenvalue weighted by atomic mass is 10.1. The summed E-state index contributed by atoms with van der Waals surface area (Å²) in [6.07, 6.45) is -1.89. The molecule has 0 aromatic heterocycles. The van der Waals surface area contributed by atoms with Crippen LogP contribution < -0.4 is 4.90 Å². The van der Waals surface area contributed by atoms with Crippen LogP contribution in [0.25, 0.3) is 6.08 Å². The number of aliphatic carboxylic acids is 1. The van der Waals surface area contributed by atoms with Crippen molar-refractivity contribution < 1.29 is 23.1 Å². The minimum absolute atomic E-state index is 0.463. The minimum atomic E-state index is -4.26. The van der Waals surface area contributed by atoms with Crippen molar-refractivity contribution in [3.05, 3.63) is 35.4 Å². The lowest BCUT2D eigenvalue weighted by molar-refractivity contribution is -0.131. The van der Waals surface area contributed by atoms with Gasteiger partial charge in [0.1, 0.15) is 6.54 Å². The molecular formula is C13H14F3NO2. The predicted octanol–water partition coefficient (Wildman–Crippen LogP) is 3.09. The van der Waals surface area contributed by atoms with E-state index in [2.05, 4.69) is 0 Å². The fourth-order valence-corrected chi connectivity index (χ4v) is 1.73. The molecule has 1 N–H and O–H groups in total. The highest BCUT2D eigenvalue weighted by molar-refractivity contribution is 5.85. The van der Waals surface area contributed by atoms with Gasteiger partial charge in [0.05, 0.1) is 0 Å². The zero-order valence-corrected chi connectivity index (χ0v) is 10.5. The molecule has 1 rings (SSSR count). The van der Waals surface area contributed by atoms with E-state index < -0.39 is 18.7 Å². The molecule has 0 fully saturated rings. The van der Waals surface area contributed by atoms with Crippen molar-refractivity contribution in [2.45, 2.75) is 13.1 Å². The van der Waals surface area contributed by atoms with Crippen LogP contribution in [0.4, 0.5) is 18.9 Å². The van der Waals surface area contributed by atoms with E-state index in [0.29, 0.717) is 16.8 Å². The predicted molar refractivity (Wildman–Crippen MR) is 67.2 cm³/mol. The molecule has 0 spiro atoms. The Morgan fingerprint density at radius 1 is 1.42 bits per heavy atom. The van der Waals surface area contributed by atoms with Crippen LogP contribution in [0, 0.1) is 6.92 Å². The zero-order valence-electron chi connectivity index (χ0n) is 10.5. The molecule has 0 bridgehead atoms. The third-order valence-corrected chi connectivity index (χ3v) is 2.47. The van der Waals surface area contributed by atoms with Gasteiger partial charge < -0.3 is 10.0 Å². The molecular weight excluding hydrogens is 259 g/mol. The SMILES string of the molecule is Cc1cc(C=CC(=O)O)ccc1N(C)CC(F)(F)F. The third-order valence-electron chi connectivity index (χ3n) is 2.47. The molecule has 1 aromatic carbocycles. The Morgan fingerprint density at radius 2 is 2.05 bits per heavy atom. The molecule has 104 valence electrons. The molecule has 0 aliphatic carbocycles. The highest BCUT2D eigenvalue weighted by atomic mass is 19.4. The van der Waals surface area contributed by atoms with Gasteiger partial charge in [0.2, 0.25) is 0 Å². The van der Waals surface area contributed by atoms with E-state index in [9.17, 15) is 18.0 Å². The van der Waals surface area contributed by atoms with E-state index in [1.165, 1.54) is 13.1 Å². The normalized spacial score (nSPS) is 11.8. The number of anilines is 1. The van der Waals surface area contributed by atoms with Crippen LogP contribution in [0.3, 0.4) is 0 Å². The second kappa shape index (κ2) is 5.77. The number of hydrogen-bond donors (Lipinski definition) is 1. The Bertz CT molecular complexity index is 495. The Balaban J connectivity index is 2.91. The summed E-state index contributed by atoms with van der Waals surface area (Å²) in [6, 6.07) is 4.76. The van der Waals surface area contributed by atoms with Gasteiger partial charge in [-0.15, -0.1) is 0 Å². The Morgan fingerprint density at radius 3 is 2.53 bits per heavy atom. The summed E-state index contributed by atoms with van der Waals surface area (Å²) in [6.45, 7) is 0.651.